The second kappa shape index (κ2) is 6.02. The number of fused-ring (bicyclic) bond motifs is 1. The van der Waals surface area contributed by atoms with Crippen molar-refractivity contribution >= 4 is 26.8 Å². The van der Waals surface area contributed by atoms with E-state index in [1.54, 1.807) is 4.57 Å². The van der Waals surface area contributed by atoms with Crippen LogP contribution < -0.4 is 10.9 Å². The molecule has 1 atom stereocenters. The molecule has 1 N–H and O–H groups in total. The average molecular weight is 358 g/mol. The molecule has 112 valence electrons. The summed E-state index contributed by atoms with van der Waals surface area (Å²) < 4.78 is 2.65. The smallest absolute Gasteiger partial charge is 0.266 e. The molecule has 0 saturated heterocycles. The van der Waals surface area contributed by atoms with Crippen LogP contribution in [-0.2, 0) is 0 Å². The normalized spacial score (nSPS) is 12.5. The Kier molecular flexibility index (Phi) is 4.09. The van der Waals surface area contributed by atoms with Gasteiger partial charge in [-0.3, -0.25) is 9.36 Å². The summed E-state index contributed by atoms with van der Waals surface area (Å²) >= 11 is 3.42. The van der Waals surface area contributed by atoms with Gasteiger partial charge in [-0.25, -0.2) is 4.98 Å². The Morgan fingerprint density at radius 1 is 1.14 bits per heavy atom. The molecule has 0 aliphatic rings. The third kappa shape index (κ3) is 2.58. The zero-order valence-electron chi connectivity index (χ0n) is 12.4. The fraction of sp³-hybridized carbons (Fsp3) is 0.176. The van der Waals surface area contributed by atoms with Crippen LogP contribution in [0.5, 0.6) is 0 Å². The minimum absolute atomic E-state index is 0.0408. The largest absolute Gasteiger partial charge is 0.311 e. The SMILES string of the molecule is CNC(C)c1nc2ccccc2c(=O)n1-c1ccc(Br)cc1. The fourth-order valence-corrected chi connectivity index (χ4v) is 2.67. The van der Waals surface area contributed by atoms with Crippen molar-refractivity contribution in [2.45, 2.75) is 13.0 Å². The lowest BCUT2D eigenvalue weighted by molar-refractivity contribution is 0.589. The number of aromatic nitrogens is 2. The quantitative estimate of drug-likeness (QED) is 0.780. The molecule has 0 aliphatic carbocycles. The summed E-state index contributed by atoms with van der Waals surface area (Å²) in [4.78, 5) is 17.6. The van der Waals surface area contributed by atoms with E-state index in [9.17, 15) is 4.79 Å². The molecule has 1 heterocycles. The molecular formula is C17H16BrN3O. The van der Waals surface area contributed by atoms with Crippen molar-refractivity contribution < 1.29 is 0 Å². The number of hydrogen-bond acceptors (Lipinski definition) is 3. The zero-order valence-corrected chi connectivity index (χ0v) is 14.0. The molecule has 1 unspecified atom stereocenters. The Morgan fingerprint density at radius 2 is 1.82 bits per heavy atom. The molecule has 5 heteroatoms. The van der Waals surface area contributed by atoms with Crippen LogP contribution in [0.1, 0.15) is 18.8 Å². The Bertz CT molecular complexity index is 871. The van der Waals surface area contributed by atoms with Crippen molar-refractivity contribution in [3.8, 4) is 5.69 Å². The van der Waals surface area contributed by atoms with Gasteiger partial charge in [-0.1, -0.05) is 28.1 Å². The Balaban J connectivity index is 2.37. The maximum Gasteiger partial charge on any atom is 0.266 e. The third-order valence-corrected chi connectivity index (χ3v) is 4.24. The molecule has 0 bridgehead atoms. The second-order valence-corrected chi connectivity index (χ2v) is 6.03. The molecule has 3 aromatic rings. The molecule has 3 rings (SSSR count). The van der Waals surface area contributed by atoms with E-state index < -0.39 is 0 Å². The van der Waals surface area contributed by atoms with Crippen LogP contribution in [0.3, 0.4) is 0 Å². The molecule has 4 nitrogen and oxygen atoms in total. The minimum Gasteiger partial charge on any atom is -0.311 e. The lowest BCUT2D eigenvalue weighted by Crippen LogP contribution is -2.28. The number of halogens is 1. The van der Waals surface area contributed by atoms with Gasteiger partial charge in [-0.05, 0) is 50.4 Å². The maximum atomic E-state index is 12.9. The highest BCUT2D eigenvalue weighted by molar-refractivity contribution is 9.10. The Hall–Kier alpha value is -1.98. The van der Waals surface area contributed by atoms with Crippen molar-refractivity contribution in [1.82, 2.24) is 14.9 Å². The van der Waals surface area contributed by atoms with E-state index in [2.05, 4.69) is 21.2 Å². The molecule has 0 radical (unpaired) electrons. The van der Waals surface area contributed by atoms with Crippen molar-refractivity contribution in [1.29, 1.82) is 0 Å². The highest BCUT2D eigenvalue weighted by Crippen LogP contribution is 2.19. The monoisotopic (exact) mass is 357 g/mol. The van der Waals surface area contributed by atoms with Crippen molar-refractivity contribution in [3.05, 3.63) is 69.2 Å². The van der Waals surface area contributed by atoms with Crippen LogP contribution in [-0.4, -0.2) is 16.6 Å². The predicted molar refractivity (Wildman–Crippen MR) is 92.5 cm³/mol. The van der Waals surface area contributed by atoms with E-state index in [1.807, 2.05) is 62.5 Å². The number of nitrogens with one attached hydrogen (secondary N) is 1. The van der Waals surface area contributed by atoms with Gasteiger partial charge in [0.25, 0.3) is 5.56 Å². The zero-order chi connectivity index (χ0) is 15.7. The lowest BCUT2D eigenvalue weighted by Gasteiger charge is -2.18. The van der Waals surface area contributed by atoms with Gasteiger partial charge in [-0.2, -0.15) is 0 Å². The van der Waals surface area contributed by atoms with Crippen LogP contribution in [0.4, 0.5) is 0 Å². The Labute approximate surface area is 136 Å². The van der Waals surface area contributed by atoms with Gasteiger partial charge in [0.2, 0.25) is 0 Å². The number of rotatable bonds is 3. The molecule has 0 saturated carbocycles. The van der Waals surface area contributed by atoms with E-state index in [0.29, 0.717) is 11.2 Å². The first-order valence-electron chi connectivity index (χ1n) is 7.06. The summed E-state index contributed by atoms with van der Waals surface area (Å²) in [5, 5.41) is 3.79. The summed E-state index contributed by atoms with van der Waals surface area (Å²) in [5.41, 5.74) is 1.48. The third-order valence-electron chi connectivity index (χ3n) is 3.71. The first kappa shape index (κ1) is 14.9. The van der Waals surface area contributed by atoms with Crippen molar-refractivity contribution in [3.63, 3.8) is 0 Å². The molecule has 0 aliphatic heterocycles. The standard InChI is InChI=1S/C17H16BrN3O/c1-11(19-2)16-20-15-6-4-3-5-14(15)17(22)21(16)13-9-7-12(18)8-10-13/h3-11,19H,1-2H3. The molecule has 1 aromatic heterocycles. The van der Waals surface area contributed by atoms with E-state index in [0.717, 1.165) is 15.7 Å². The summed E-state index contributed by atoms with van der Waals surface area (Å²) in [6, 6.07) is 15.1. The summed E-state index contributed by atoms with van der Waals surface area (Å²) in [6.07, 6.45) is 0. The summed E-state index contributed by atoms with van der Waals surface area (Å²) in [7, 11) is 1.86. The van der Waals surface area contributed by atoms with Crippen LogP contribution in [0.2, 0.25) is 0 Å². The van der Waals surface area contributed by atoms with Gasteiger partial charge in [0.05, 0.1) is 22.6 Å². The summed E-state index contributed by atoms with van der Waals surface area (Å²) in [6.45, 7) is 1.99. The van der Waals surface area contributed by atoms with Crippen molar-refractivity contribution in [2.24, 2.45) is 0 Å². The summed E-state index contributed by atoms with van der Waals surface area (Å²) in [5.74, 6) is 0.702. The Morgan fingerprint density at radius 3 is 2.50 bits per heavy atom. The second-order valence-electron chi connectivity index (χ2n) is 5.11. The molecule has 0 spiro atoms. The molecule has 0 fully saturated rings. The van der Waals surface area contributed by atoms with E-state index >= 15 is 0 Å². The van der Waals surface area contributed by atoms with Crippen LogP contribution in [0, 0.1) is 0 Å². The average Bonchev–Trinajstić information content (AvgIpc) is 2.55. The highest BCUT2D eigenvalue weighted by Gasteiger charge is 2.16. The first-order chi connectivity index (χ1) is 10.6. The minimum atomic E-state index is -0.0509. The van der Waals surface area contributed by atoms with Gasteiger partial charge in [-0.15, -0.1) is 0 Å². The van der Waals surface area contributed by atoms with E-state index in [-0.39, 0.29) is 11.6 Å². The lowest BCUT2D eigenvalue weighted by atomic mass is 10.2. The molecular weight excluding hydrogens is 342 g/mol. The number of hydrogen-bond donors (Lipinski definition) is 1. The van der Waals surface area contributed by atoms with Gasteiger partial charge < -0.3 is 5.32 Å². The van der Waals surface area contributed by atoms with E-state index in [4.69, 9.17) is 4.98 Å². The van der Waals surface area contributed by atoms with Crippen molar-refractivity contribution in [2.75, 3.05) is 7.05 Å². The molecule has 22 heavy (non-hydrogen) atoms. The van der Waals surface area contributed by atoms with Crippen LogP contribution in [0.25, 0.3) is 16.6 Å². The topological polar surface area (TPSA) is 46.9 Å². The van der Waals surface area contributed by atoms with Gasteiger partial charge in [0, 0.05) is 4.47 Å². The predicted octanol–water partition coefficient (Wildman–Crippen LogP) is 3.43. The number of nitrogens with zero attached hydrogens (tertiary/aromatic N) is 2. The molecule has 0 amide bonds. The van der Waals surface area contributed by atoms with Gasteiger partial charge in [0.15, 0.2) is 0 Å². The van der Waals surface area contributed by atoms with Crippen LogP contribution >= 0.6 is 15.9 Å². The fourth-order valence-electron chi connectivity index (χ4n) is 2.41. The first-order valence-corrected chi connectivity index (χ1v) is 7.86. The van der Waals surface area contributed by atoms with Gasteiger partial charge in [0.1, 0.15) is 5.82 Å². The number of benzene rings is 2. The molecule has 2 aromatic carbocycles. The maximum absolute atomic E-state index is 12.9. The van der Waals surface area contributed by atoms with Crippen LogP contribution in [0.15, 0.2) is 57.8 Å². The van der Waals surface area contributed by atoms with E-state index in [1.165, 1.54) is 0 Å². The van der Waals surface area contributed by atoms with Gasteiger partial charge >= 0.3 is 0 Å². The highest BCUT2D eigenvalue weighted by atomic mass is 79.9. The number of para-hydroxylation sites is 1.